The lowest BCUT2D eigenvalue weighted by Crippen LogP contribution is -2.01. The van der Waals surface area contributed by atoms with Gasteiger partial charge in [0.15, 0.2) is 0 Å². The van der Waals surface area contributed by atoms with Crippen molar-refractivity contribution >= 4 is 23.3 Å². The summed E-state index contributed by atoms with van der Waals surface area (Å²) in [6, 6.07) is 8.46. The SMILES string of the molecule is CCP(=O)(CC)OCCc1ccc(C(C)Br)cc1. The highest BCUT2D eigenvalue weighted by atomic mass is 79.9. The number of halogens is 1. The Kier molecular flexibility index (Phi) is 6.62. The Hall–Kier alpha value is -0.110. The number of benzene rings is 1. The highest BCUT2D eigenvalue weighted by Crippen LogP contribution is 2.45. The molecule has 0 bridgehead atoms. The topological polar surface area (TPSA) is 26.3 Å². The van der Waals surface area contributed by atoms with Crippen LogP contribution in [0.15, 0.2) is 24.3 Å². The van der Waals surface area contributed by atoms with Gasteiger partial charge in [0, 0.05) is 17.2 Å². The van der Waals surface area contributed by atoms with Crippen LogP contribution in [0.25, 0.3) is 0 Å². The summed E-state index contributed by atoms with van der Waals surface area (Å²) in [6.07, 6.45) is 2.08. The van der Waals surface area contributed by atoms with Crippen LogP contribution in [0, 0.1) is 0 Å². The molecule has 0 fully saturated rings. The van der Waals surface area contributed by atoms with Crippen LogP contribution >= 0.6 is 23.3 Å². The third kappa shape index (κ3) is 4.87. The molecular formula is C14H22BrO2P. The predicted octanol–water partition coefficient (Wildman–Crippen LogP) is 5.02. The number of hydrogen-bond donors (Lipinski definition) is 0. The summed E-state index contributed by atoms with van der Waals surface area (Å²) < 4.78 is 17.6. The van der Waals surface area contributed by atoms with Crippen molar-refractivity contribution in [2.75, 3.05) is 18.9 Å². The second kappa shape index (κ2) is 7.47. The summed E-state index contributed by atoms with van der Waals surface area (Å²) in [5.74, 6) is 0. The molecular weight excluding hydrogens is 311 g/mol. The van der Waals surface area contributed by atoms with E-state index in [2.05, 4.69) is 47.1 Å². The van der Waals surface area contributed by atoms with Crippen molar-refractivity contribution in [3.63, 3.8) is 0 Å². The Morgan fingerprint density at radius 3 is 2.22 bits per heavy atom. The molecule has 2 nitrogen and oxygen atoms in total. The average Bonchev–Trinajstić information content (AvgIpc) is 2.39. The molecule has 0 aliphatic rings. The van der Waals surface area contributed by atoms with Crippen LogP contribution in [0.3, 0.4) is 0 Å². The van der Waals surface area contributed by atoms with Gasteiger partial charge in [0.2, 0.25) is 7.37 Å². The first-order valence-electron chi connectivity index (χ1n) is 6.46. The van der Waals surface area contributed by atoms with Crippen LogP contribution in [0.2, 0.25) is 0 Å². The van der Waals surface area contributed by atoms with Crippen LogP contribution in [0.4, 0.5) is 0 Å². The molecule has 0 radical (unpaired) electrons. The quantitative estimate of drug-likeness (QED) is 0.517. The van der Waals surface area contributed by atoms with Crippen molar-refractivity contribution in [2.24, 2.45) is 0 Å². The molecule has 1 unspecified atom stereocenters. The summed E-state index contributed by atoms with van der Waals surface area (Å²) in [6.45, 7) is 6.51. The van der Waals surface area contributed by atoms with Crippen LogP contribution in [0.1, 0.15) is 36.7 Å². The zero-order valence-electron chi connectivity index (χ0n) is 11.4. The zero-order chi connectivity index (χ0) is 13.6. The first-order valence-corrected chi connectivity index (χ1v) is 9.37. The van der Waals surface area contributed by atoms with Crippen LogP contribution in [-0.4, -0.2) is 18.9 Å². The van der Waals surface area contributed by atoms with E-state index in [1.54, 1.807) is 0 Å². The van der Waals surface area contributed by atoms with E-state index in [4.69, 9.17) is 4.52 Å². The van der Waals surface area contributed by atoms with Crippen LogP contribution < -0.4 is 0 Å². The minimum Gasteiger partial charge on any atom is -0.328 e. The van der Waals surface area contributed by atoms with Gasteiger partial charge >= 0.3 is 0 Å². The maximum atomic E-state index is 12.1. The third-order valence-corrected chi connectivity index (χ3v) is 6.23. The van der Waals surface area contributed by atoms with E-state index in [1.165, 1.54) is 11.1 Å². The van der Waals surface area contributed by atoms with E-state index in [1.807, 2.05) is 13.8 Å². The molecule has 0 aliphatic heterocycles. The number of rotatable bonds is 7. The molecule has 0 aromatic heterocycles. The van der Waals surface area contributed by atoms with Crippen molar-refractivity contribution in [3.05, 3.63) is 35.4 Å². The highest BCUT2D eigenvalue weighted by molar-refractivity contribution is 9.09. The Bertz CT molecular complexity index is 393. The fraction of sp³-hybridized carbons (Fsp3) is 0.571. The normalized spacial score (nSPS) is 13.6. The lowest BCUT2D eigenvalue weighted by Gasteiger charge is -2.14. The third-order valence-electron chi connectivity index (χ3n) is 3.12. The number of hydrogen-bond acceptors (Lipinski definition) is 2. The summed E-state index contributed by atoms with van der Waals surface area (Å²) in [4.78, 5) is 0.378. The standard InChI is InChI=1S/C14H22BrO2P/c1-4-18(16,5-2)17-11-10-13-6-8-14(9-7-13)12(3)15/h6-9,12H,4-5,10-11H2,1-3H3. The minimum absolute atomic E-state index is 0.378. The molecule has 4 heteroatoms. The second-order valence-corrected chi connectivity index (χ2v) is 8.91. The Morgan fingerprint density at radius 1 is 1.22 bits per heavy atom. The van der Waals surface area contributed by atoms with E-state index in [-0.39, 0.29) is 0 Å². The van der Waals surface area contributed by atoms with Gasteiger partial charge in [0.05, 0.1) is 6.61 Å². The molecule has 1 atom stereocenters. The van der Waals surface area contributed by atoms with Crippen molar-refractivity contribution in [3.8, 4) is 0 Å². The van der Waals surface area contributed by atoms with Gasteiger partial charge in [-0.2, -0.15) is 0 Å². The van der Waals surface area contributed by atoms with E-state index in [0.717, 1.165) is 6.42 Å². The van der Waals surface area contributed by atoms with Gasteiger partial charge in [-0.25, -0.2) is 0 Å². The zero-order valence-corrected chi connectivity index (χ0v) is 13.8. The Labute approximate surface area is 119 Å². The maximum Gasteiger partial charge on any atom is 0.202 e. The van der Waals surface area contributed by atoms with Gasteiger partial charge in [-0.05, 0) is 24.5 Å². The monoisotopic (exact) mass is 332 g/mol. The summed E-state index contributed by atoms with van der Waals surface area (Å²) in [7, 11) is -2.35. The Morgan fingerprint density at radius 2 is 1.78 bits per heavy atom. The lowest BCUT2D eigenvalue weighted by molar-refractivity contribution is 0.318. The van der Waals surface area contributed by atoms with E-state index in [0.29, 0.717) is 23.8 Å². The average molecular weight is 333 g/mol. The van der Waals surface area contributed by atoms with Crippen molar-refractivity contribution < 1.29 is 9.09 Å². The maximum absolute atomic E-state index is 12.1. The minimum atomic E-state index is -2.35. The van der Waals surface area contributed by atoms with Gasteiger partial charge < -0.3 is 4.52 Å². The molecule has 18 heavy (non-hydrogen) atoms. The fourth-order valence-corrected chi connectivity index (χ4v) is 3.23. The molecule has 0 heterocycles. The first-order chi connectivity index (χ1) is 8.50. The van der Waals surface area contributed by atoms with Crippen LogP contribution in [-0.2, 0) is 15.5 Å². The van der Waals surface area contributed by atoms with Gasteiger partial charge in [-0.15, -0.1) is 0 Å². The van der Waals surface area contributed by atoms with E-state index < -0.39 is 7.37 Å². The Balaban J connectivity index is 2.47. The van der Waals surface area contributed by atoms with Crippen molar-refractivity contribution in [2.45, 2.75) is 32.0 Å². The molecule has 1 rings (SSSR count). The smallest absolute Gasteiger partial charge is 0.202 e. The van der Waals surface area contributed by atoms with Crippen molar-refractivity contribution in [1.29, 1.82) is 0 Å². The van der Waals surface area contributed by atoms with E-state index in [9.17, 15) is 4.57 Å². The van der Waals surface area contributed by atoms with Gasteiger partial charge in [0.1, 0.15) is 0 Å². The van der Waals surface area contributed by atoms with Gasteiger partial charge in [-0.1, -0.05) is 54.0 Å². The molecule has 0 amide bonds. The summed E-state index contributed by atoms with van der Waals surface area (Å²) >= 11 is 3.54. The fourth-order valence-electron chi connectivity index (χ4n) is 1.69. The van der Waals surface area contributed by atoms with Gasteiger partial charge in [-0.3, -0.25) is 4.57 Å². The summed E-state index contributed by atoms with van der Waals surface area (Å²) in [5, 5.41) is 0. The molecule has 1 aromatic carbocycles. The second-order valence-electron chi connectivity index (χ2n) is 4.39. The predicted molar refractivity (Wildman–Crippen MR) is 82.1 cm³/mol. The van der Waals surface area contributed by atoms with Crippen molar-refractivity contribution in [1.82, 2.24) is 0 Å². The van der Waals surface area contributed by atoms with E-state index >= 15 is 0 Å². The largest absolute Gasteiger partial charge is 0.328 e. The molecule has 0 aliphatic carbocycles. The molecule has 1 aromatic rings. The summed E-state index contributed by atoms with van der Waals surface area (Å²) in [5.41, 5.74) is 2.50. The molecule has 0 saturated carbocycles. The van der Waals surface area contributed by atoms with Crippen LogP contribution in [0.5, 0.6) is 0 Å². The highest BCUT2D eigenvalue weighted by Gasteiger charge is 2.16. The molecule has 0 N–H and O–H groups in total. The van der Waals surface area contributed by atoms with Gasteiger partial charge in [0.25, 0.3) is 0 Å². The molecule has 0 spiro atoms. The first kappa shape index (κ1) is 15.9. The number of alkyl halides is 1. The molecule has 102 valence electrons. The lowest BCUT2D eigenvalue weighted by atomic mass is 10.1. The molecule has 0 saturated heterocycles.